The molecule has 1 aliphatic carbocycles. The summed E-state index contributed by atoms with van der Waals surface area (Å²) in [4.78, 5) is 19.1. The fourth-order valence-corrected chi connectivity index (χ4v) is 3.42. The Labute approximate surface area is 134 Å². The number of nitrogens with zero attached hydrogens (tertiary/aromatic N) is 3. The lowest BCUT2D eigenvalue weighted by Gasteiger charge is -2.45. The largest absolute Gasteiger partial charge is 0.377 e. The van der Waals surface area contributed by atoms with E-state index in [9.17, 15) is 4.79 Å². The maximum absolute atomic E-state index is 13.0. The van der Waals surface area contributed by atoms with Crippen molar-refractivity contribution >= 4 is 5.91 Å². The molecule has 1 aromatic carbocycles. The molecule has 1 amide bonds. The average molecular weight is 312 g/mol. The van der Waals surface area contributed by atoms with Gasteiger partial charge in [0.2, 0.25) is 0 Å². The van der Waals surface area contributed by atoms with Gasteiger partial charge in [-0.15, -0.1) is 0 Å². The molecule has 6 heteroatoms. The smallest absolute Gasteiger partial charge is 0.254 e. The van der Waals surface area contributed by atoms with Crippen molar-refractivity contribution < 1.29 is 9.53 Å². The summed E-state index contributed by atoms with van der Waals surface area (Å²) in [7, 11) is 0. The quantitative estimate of drug-likeness (QED) is 0.942. The first-order valence-corrected chi connectivity index (χ1v) is 8.04. The van der Waals surface area contributed by atoms with Gasteiger partial charge in [0, 0.05) is 17.7 Å². The molecule has 6 nitrogen and oxygen atoms in total. The Hall–Kier alpha value is -2.21. The predicted molar refractivity (Wildman–Crippen MR) is 84.8 cm³/mol. The van der Waals surface area contributed by atoms with Crippen LogP contribution in [0.5, 0.6) is 0 Å². The van der Waals surface area contributed by atoms with E-state index < -0.39 is 0 Å². The molecule has 1 aliphatic heterocycles. The van der Waals surface area contributed by atoms with Gasteiger partial charge < -0.3 is 9.64 Å². The molecular weight excluding hydrogens is 292 g/mol. The number of rotatable bonds is 3. The summed E-state index contributed by atoms with van der Waals surface area (Å²) >= 11 is 0. The van der Waals surface area contributed by atoms with Crippen LogP contribution < -0.4 is 0 Å². The van der Waals surface area contributed by atoms with Crippen LogP contribution in [0.1, 0.15) is 30.1 Å². The molecule has 1 unspecified atom stereocenters. The minimum atomic E-state index is -0.168. The molecule has 1 atom stereocenters. The summed E-state index contributed by atoms with van der Waals surface area (Å²) in [5, 5.41) is 6.68. The number of benzene rings is 1. The number of hydrogen-bond acceptors (Lipinski definition) is 4. The number of ether oxygens (including phenoxy) is 1. The highest BCUT2D eigenvalue weighted by Gasteiger charge is 2.49. The van der Waals surface area contributed by atoms with E-state index in [0.717, 1.165) is 5.56 Å². The molecule has 1 aromatic heterocycles. The van der Waals surface area contributed by atoms with Gasteiger partial charge in [-0.1, -0.05) is 12.1 Å². The minimum Gasteiger partial charge on any atom is -0.377 e. The van der Waals surface area contributed by atoms with Crippen molar-refractivity contribution in [2.45, 2.75) is 25.3 Å². The van der Waals surface area contributed by atoms with Crippen LogP contribution >= 0.6 is 0 Å². The topological polar surface area (TPSA) is 71.1 Å². The molecule has 23 heavy (non-hydrogen) atoms. The van der Waals surface area contributed by atoms with Crippen molar-refractivity contribution in [3.8, 4) is 11.4 Å². The molecule has 1 N–H and O–H groups in total. The molecular formula is C17H20N4O2. The first-order chi connectivity index (χ1) is 11.2. The number of aromatic amines is 1. The van der Waals surface area contributed by atoms with Crippen LogP contribution in [-0.4, -0.2) is 51.3 Å². The lowest BCUT2D eigenvalue weighted by atomic mass is 9.92. The summed E-state index contributed by atoms with van der Waals surface area (Å²) < 4.78 is 5.66. The number of hydrogen-bond donors (Lipinski definition) is 1. The van der Waals surface area contributed by atoms with Crippen molar-refractivity contribution in [2.75, 3.05) is 19.8 Å². The number of carbonyl (C=O) groups excluding carboxylic acids is 1. The summed E-state index contributed by atoms with van der Waals surface area (Å²) in [5.74, 6) is 1.37. The van der Waals surface area contributed by atoms with E-state index >= 15 is 0 Å². The van der Waals surface area contributed by atoms with Crippen LogP contribution in [0.25, 0.3) is 11.4 Å². The molecule has 1 saturated carbocycles. The Bertz CT molecular complexity index is 694. The summed E-state index contributed by atoms with van der Waals surface area (Å²) in [6.45, 7) is 4.07. The van der Waals surface area contributed by atoms with Gasteiger partial charge in [-0.2, -0.15) is 5.10 Å². The number of aromatic nitrogens is 3. The zero-order valence-electron chi connectivity index (χ0n) is 13.2. The van der Waals surface area contributed by atoms with Crippen molar-refractivity contribution in [1.29, 1.82) is 0 Å². The van der Waals surface area contributed by atoms with Gasteiger partial charge >= 0.3 is 0 Å². The van der Waals surface area contributed by atoms with Gasteiger partial charge in [-0.25, -0.2) is 4.98 Å². The Morgan fingerprint density at radius 1 is 1.35 bits per heavy atom. The highest BCUT2D eigenvalue weighted by Crippen LogP contribution is 2.44. The molecule has 2 aliphatic rings. The Balaban J connectivity index is 1.58. The lowest BCUT2D eigenvalue weighted by molar-refractivity contribution is -0.0547. The second-order valence-electron chi connectivity index (χ2n) is 6.55. The molecule has 120 valence electrons. The summed E-state index contributed by atoms with van der Waals surface area (Å²) in [6, 6.07) is 7.54. The normalized spacial score (nSPS) is 24.7. The van der Waals surface area contributed by atoms with Gasteiger partial charge in [-0.3, -0.25) is 9.89 Å². The van der Waals surface area contributed by atoms with E-state index in [2.05, 4.69) is 22.1 Å². The molecule has 0 spiro atoms. The van der Waals surface area contributed by atoms with Crippen molar-refractivity contribution in [2.24, 2.45) is 5.92 Å². The highest BCUT2D eigenvalue weighted by molar-refractivity contribution is 5.95. The first-order valence-electron chi connectivity index (χ1n) is 8.04. The second-order valence-corrected chi connectivity index (χ2v) is 6.55. The zero-order chi connectivity index (χ0) is 15.9. The molecule has 0 radical (unpaired) electrons. The third-order valence-electron chi connectivity index (χ3n) is 4.99. The van der Waals surface area contributed by atoms with Crippen LogP contribution in [0.2, 0.25) is 0 Å². The molecule has 1 saturated heterocycles. The van der Waals surface area contributed by atoms with E-state index in [-0.39, 0.29) is 11.4 Å². The van der Waals surface area contributed by atoms with E-state index in [4.69, 9.17) is 4.74 Å². The molecule has 2 aromatic rings. The zero-order valence-corrected chi connectivity index (χ0v) is 13.2. The van der Waals surface area contributed by atoms with E-state index in [1.165, 1.54) is 19.2 Å². The highest BCUT2D eigenvalue weighted by atomic mass is 16.5. The van der Waals surface area contributed by atoms with E-state index in [1.807, 2.05) is 29.2 Å². The number of amides is 1. The maximum Gasteiger partial charge on any atom is 0.254 e. The van der Waals surface area contributed by atoms with Gasteiger partial charge in [0.25, 0.3) is 5.91 Å². The molecule has 2 fully saturated rings. The monoisotopic (exact) mass is 312 g/mol. The summed E-state index contributed by atoms with van der Waals surface area (Å²) in [5.41, 5.74) is 1.46. The fraction of sp³-hybridized carbons (Fsp3) is 0.471. The maximum atomic E-state index is 13.0. The van der Waals surface area contributed by atoms with Crippen LogP contribution in [0.4, 0.5) is 0 Å². The minimum absolute atomic E-state index is 0.0896. The Morgan fingerprint density at radius 3 is 2.78 bits per heavy atom. The number of nitrogens with one attached hydrogen (secondary N) is 1. The van der Waals surface area contributed by atoms with Crippen molar-refractivity contribution in [3.05, 3.63) is 36.2 Å². The Kier molecular flexibility index (Phi) is 3.41. The van der Waals surface area contributed by atoms with Gasteiger partial charge in [0.05, 0.1) is 18.8 Å². The molecule has 4 rings (SSSR count). The number of H-pyrrole nitrogens is 1. The average Bonchev–Trinajstić information content (AvgIpc) is 3.31. The number of carbonyl (C=O) groups is 1. The second kappa shape index (κ2) is 5.45. The third kappa shape index (κ3) is 2.53. The Morgan fingerprint density at radius 2 is 2.13 bits per heavy atom. The van der Waals surface area contributed by atoms with Crippen LogP contribution in [0.3, 0.4) is 0 Å². The fourth-order valence-electron chi connectivity index (χ4n) is 3.42. The van der Waals surface area contributed by atoms with Gasteiger partial charge in [-0.05, 0) is 37.8 Å². The van der Waals surface area contributed by atoms with Crippen LogP contribution in [0.15, 0.2) is 30.6 Å². The van der Waals surface area contributed by atoms with Crippen molar-refractivity contribution in [1.82, 2.24) is 20.1 Å². The third-order valence-corrected chi connectivity index (χ3v) is 4.99. The summed E-state index contributed by atoms with van der Waals surface area (Å²) in [6.07, 6.45) is 3.85. The molecule has 0 bridgehead atoms. The van der Waals surface area contributed by atoms with E-state index in [0.29, 0.717) is 37.1 Å². The SMILES string of the molecule is CC1(C2CC2)COCCN1C(=O)c1ccc(-c2ncn[nH]2)cc1. The van der Waals surface area contributed by atoms with Crippen molar-refractivity contribution in [3.63, 3.8) is 0 Å². The van der Waals surface area contributed by atoms with Gasteiger partial charge in [0.1, 0.15) is 6.33 Å². The lowest BCUT2D eigenvalue weighted by Crippen LogP contribution is -2.58. The standard InChI is InChI=1S/C17H20N4O2/c1-17(14-6-7-14)10-23-9-8-21(17)16(22)13-4-2-12(3-5-13)15-18-11-19-20-15/h2-5,11,14H,6-10H2,1H3,(H,18,19,20). The molecule has 2 heterocycles. The van der Waals surface area contributed by atoms with Crippen LogP contribution in [-0.2, 0) is 4.74 Å². The number of morpholine rings is 1. The first kappa shape index (κ1) is 14.4. The van der Waals surface area contributed by atoms with E-state index in [1.54, 1.807) is 0 Å². The predicted octanol–water partition coefficient (Wildman–Crippen LogP) is 2.11. The van der Waals surface area contributed by atoms with Crippen LogP contribution in [0, 0.1) is 5.92 Å². The van der Waals surface area contributed by atoms with Gasteiger partial charge in [0.15, 0.2) is 5.82 Å².